The van der Waals surface area contributed by atoms with E-state index in [9.17, 15) is 18.4 Å². The van der Waals surface area contributed by atoms with E-state index in [1.54, 1.807) is 4.90 Å². The minimum Gasteiger partial charge on any atom is -0.335 e. The smallest absolute Gasteiger partial charge is 0.322 e. The number of hydrogen-bond acceptors (Lipinski definition) is 3. The monoisotopic (exact) mass is 370 g/mol. The first-order valence-electron chi connectivity index (χ1n) is 8.28. The largest absolute Gasteiger partial charge is 0.335 e. The van der Waals surface area contributed by atoms with Gasteiger partial charge in [0.2, 0.25) is 0 Å². The molecule has 1 heterocycles. The Morgan fingerprint density at radius 2 is 1.52 bits per heavy atom. The molecule has 0 spiro atoms. The topological polar surface area (TPSA) is 76.4 Å². The first-order valence-corrected chi connectivity index (χ1v) is 8.28. The lowest BCUT2D eigenvalue weighted by Crippen LogP contribution is -2.51. The van der Waals surface area contributed by atoms with Crippen LogP contribution in [-0.2, 0) is 0 Å². The molecular weight excluding hydrogens is 354 g/mol. The van der Waals surface area contributed by atoms with Gasteiger partial charge in [-0.15, -0.1) is 0 Å². The maximum atomic E-state index is 13.2. The minimum atomic E-state index is -0.558. The Kier molecular flexibility index (Phi) is 5.31. The number of carbonyl (C=O) groups excluding carboxylic acids is 2. The van der Waals surface area contributed by atoms with Gasteiger partial charge in [-0.05, 0) is 42.5 Å². The second kappa shape index (κ2) is 7.83. The highest BCUT2D eigenvalue weighted by Crippen LogP contribution is 2.17. The number of carbonyl (C=O) groups is 2. The molecule has 6 nitrogen and oxygen atoms in total. The van der Waals surface area contributed by atoms with Crippen LogP contribution >= 0.6 is 0 Å². The van der Waals surface area contributed by atoms with Gasteiger partial charge in [-0.25, -0.2) is 13.6 Å². The van der Waals surface area contributed by atoms with Gasteiger partial charge < -0.3 is 15.1 Å². The van der Waals surface area contributed by atoms with Crippen molar-refractivity contribution in [3.8, 4) is 6.07 Å². The lowest BCUT2D eigenvalue weighted by molar-refractivity contribution is 0.0671. The van der Waals surface area contributed by atoms with Crippen LogP contribution < -0.4 is 5.32 Å². The molecule has 3 rings (SSSR count). The van der Waals surface area contributed by atoms with Gasteiger partial charge in [0.25, 0.3) is 5.91 Å². The van der Waals surface area contributed by atoms with E-state index in [0.717, 1.165) is 12.1 Å². The lowest BCUT2D eigenvalue weighted by Gasteiger charge is -2.34. The predicted octanol–water partition coefficient (Wildman–Crippen LogP) is 2.83. The van der Waals surface area contributed by atoms with Gasteiger partial charge in [0.1, 0.15) is 17.7 Å². The molecule has 27 heavy (non-hydrogen) atoms. The van der Waals surface area contributed by atoms with Crippen LogP contribution in [0.1, 0.15) is 15.9 Å². The Hall–Kier alpha value is -3.47. The molecule has 0 radical (unpaired) electrons. The molecule has 2 aromatic carbocycles. The molecule has 0 atom stereocenters. The first-order chi connectivity index (χ1) is 13.0. The van der Waals surface area contributed by atoms with Crippen LogP contribution in [0.4, 0.5) is 19.3 Å². The third kappa shape index (κ3) is 4.20. The molecule has 138 valence electrons. The number of amides is 3. The molecule has 3 amide bonds. The molecule has 0 aliphatic carbocycles. The summed E-state index contributed by atoms with van der Waals surface area (Å²) in [6, 6.07) is 10.3. The van der Waals surface area contributed by atoms with Crippen LogP contribution in [-0.4, -0.2) is 47.9 Å². The van der Waals surface area contributed by atoms with Crippen LogP contribution in [0, 0.1) is 23.0 Å². The Labute approximate surface area is 154 Å². The molecular formula is C19H16F2N4O2. The highest BCUT2D eigenvalue weighted by atomic mass is 19.1. The van der Waals surface area contributed by atoms with Crippen molar-refractivity contribution in [2.24, 2.45) is 0 Å². The van der Waals surface area contributed by atoms with E-state index in [1.807, 2.05) is 6.07 Å². The predicted molar refractivity (Wildman–Crippen MR) is 94.0 cm³/mol. The van der Waals surface area contributed by atoms with Crippen molar-refractivity contribution >= 4 is 17.6 Å². The number of nitriles is 1. The molecule has 1 aliphatic rings. The second-order valence-corrected chi connectivity index (χ2v) is 6.02. The summed E-state index contributed by atoms with van der Waals surface area (Å²) < 4.78 is 26.1. The summed E-state index contributed by atoms with van der Waals surface area (Å²) in [5.41, 5.74) is 0.654. The summed E-state index contributed by atoms with van der Waals surface area (Å²) in [6.07, 6.45) is 0. The highest BCUT2D eigenvalue weighted by molar-refractivity contribution is 5.95. The summed E-state index contributed by atoms with van der Waals surface area (Å²) >= 11 is 0. The van der Waals surface area contributed by atoms with Gasteiger partial charge >= 0.3 is 6.03 Å². The van der Waals surface area contributed by atoms with E-state index < -0.39 is 17.7 Å². The number of piperazine rings is 1. The summed E-state index contributed by atoms with van der Waals surface area (Å²) in [4.78, 5) is 27.9. The van der Waals surface area contributed by atoms with Crippen molar-refractivity contribution in [3.63, 3.8) is 0 Å². The van der Waals surface area contributed by atoms with E-state index in [1.165, 1.54) is 35.2 Å². The lowest BCUT2D eigenvalue weighted by atomic mass is 10.1. The molecule has 1 N–H and O–H groups in total. The Balaban J connectivity index is 1.59. The van der Waals surface area contributed by atoms with Crippen LogP contribution in [0.5, 0.6) is 0 Å². The fourth-order valence-corrected chi connectivity index (χ4v) is 2.80. The van der Waals surface area contributed by atoms with Gasteiger partial charge in [0, 0.05) is 31.7 Å². The SMILES string of the molecule is N#Cc1cc(F)ccc1NC(=O)N1CCN(C(=O)c2ccc(F)cc2)CC1. The zero-order chi connectivity index (χ0) is 19.4. The number of anilines is 1. The quantitative estimate of drug-likeness (QED) is 0.883. The molecule has 1 fully saturated rings. The van der Waals surface area contributed by atoms with Crippen LogP contribution in [0.2, 0.25) is 0 Å². The van der Waals surface area contributed by atoms with E-state index in [0.29, 0.717) is 31.7 Å². The van der Waals surface area contributed by atoms with Crippen molar-refractivity contribution < 1.29 is 18.4 Å². The molecule has 0 saturated carbocycles. The number of halogens is 2. The van der Waals surface area contributed by atoms with Gasteiger partial charge in [-0.2, -0.15) is 5.26 Å². The molecule has 1 saturated heterocycles. The first kappa shape index (κ1) is 18.3. The number of hydrogen-bond donors (Lipinski definition) is 1. The number of nitrogens with one attached hydrogen (secondary N) is 1. The second-order valence-electron chi connectivity index (χ2n) is 6.02. The number of rotatable bonds is 2. The van der Waals surface area contributed by atoms with Crippen LogP contribution in [0.25, 0.3) is 0 Å². The maximum Gasteiger partial charge on any atom is 0.322 e. The average molecular weight is 370 g/mol. The van der Waals surface area contributed by atoms with Crippen molar-refractivity contribution in [3.05, 3.63) is 65.2 Å². The summed E-state index contributed by atoms with van der Waals surface area (Å²) in [5, 5.41) is 11.6. The fourth-order valence-electron chi connectivity index (χ4n) is 2.80. The molecule has 1 aliphatic heterocycles. The molecule has 2 aromatic rings. The Morgan fingerprint density at radius 3 is 2.15 bits per heavy atom. The van der Waals surface area contributed by atoms with Crippen molar-refractivity contribution in [1.29, 1.82) is 5.26 Å². The minimum absolute atomic E-state index is 0.0356. The molecule has 0 bridgehead atoms. The van der Waals surface area contributed by atoms with E-state index in [2.05, 4.69) is 5.32 Å². The molecule has 0 aromatic heterocycles. The fraction of sp³-hybridized carbons (Fsp3) is 0.211. The number of urea groups is 1. The van der Waals surface area contributed by atoms with Gasteiger partial charge in [0.15, 0.2) is 0 Å². The Morgan fingerprint density at radius 1 is 0.926 bits per heavy atom. The van der Waals surface area contributed by atoms with Crippen molar-refractivity contribution in [2.45, 2.75) is 0 Å². The molecule has 8 heteroatoms. The van der Waals surface area contributed by atoms with Gasteiger partial charge in [-0.1, -0.05) is 0 Å². The zero-order valence-corrected chi connectivity index (χ0v) is 14.3. The summed E-state index contributed by atoms with van der Waals surface area (Å²) in [7, 11) is 0. The maximum absolute atomic E-state index is 13.2. The molecule has 0 unspecified atom stereocenters. The van der Waals surface area contributed by atoms with E-state index in [4.69, 9.17) is 5.26 Å². The van der Waals surface area contributed by atoms with Crippen LogP contribution in [0.3, 0.4) is 0 Å². The normalized spacial score (nSPS) is 13.8. The highest BCUT2D eigenvalue weighted by Gasteiger charge is 2.25. The third-order valence-corrected chi connectivity index (χ3v) is 4.29. The Bertz CT molecular complexity index is 901. The van der Waals surface area contributed by atoms with Crippen molar-refractivity contribution in [1.82, 2.24) is 9.80 Å². The van der Waals surface area contributed by atoms with E-state index in [-0.39, 0.29) is 17.2 Å². The van der Waals surface area contributed by atoms with E-state index >= 15 is 0 Å². The zero-order valence-electron chi connectivity index (χ0n) is 14.3. The van der Waals surface area contributed by atoms with Crippen molar-refractivity contribution in [2.75, 3.05) is 31.5 Å². The number of benzene rings is 2. The third-order valence-electron chi connectivity index (χ3n) is 4.29. The summed E-state index contributed by atoms with van der Waals surface area (Å²) in [6.45, 7) is 1.28. The standard InChI is InChI=1S/C19H16F2N4O2/c20-15-3-1-13(2-4-15)18(26)24-7-9-25(10-8-24)19(27)23-17-6-5-16(21)11-14(17)12-22/h1-6,11H,7-10H2,(H,23,27). The summed E-state index contributed by atoms with van der Waals surface area (Å²) in [5.74, 6) is -1.19. The average Bonchev–Trinajstić information content (AvgIpc) is 2.69. The van der Waals surface area contributed by atoms with Gasteiger partial charge in [-0.3, -0.25) is 4.79 Å². The van der Waals surface area contributed by atoms with Gasteiger partial charge in [0.05, 0.1) is 11.3 Å². The number of nitrogens with zero attached hydrogens (tertiary/aromatic N) is 3. The van der Waals surface area contributed by atoms with Crippen LogP contribution in [0.15, 0.2) is 42.5 Å².